The zero-order chi connectivity index (χ0) is 23.4. The van der Waals surface area contributed by atoms with Crippen LogP contribution in [0.3, 0.4) is 0 Å². The SMILES string of the molecule is CCOC(Cc1ccc(OCc2nc(-c3ccc(CC)cc3)oc2C)c2c1OCC2)C(=O)O. The van der Waals surface area contributed by atoms with Crippen LogP contribution in [0, 0.1) is 6.92 Å². The van der Waals surface area contributed by atoms with Crippen molar-refractivity contribution < 1.29 is 28.5 Å². The molecule has 1 N–H and O–H groups in total. The Morgan fingerprint density at radius 3 is 2.67 bits per heavy atom. The van der Waals surface area contributed by atoms with Crippen molar-refractivity contribution in [2.24, 2.45) is 0 Å². The number of nitrogens with zero attached hydrogens (tertiary/aromatic N) is 1. The Balaban J connectivity index is 1.49. The van der Waals surface area contributed by atoms with E-state index in [1.807, 2.05) is 31.2 Å². The molecule has 0 amide bonds. The number of aliphatic carboxylic acids is 1. The number of carboxylic acids is 1. The molecule has 1 aliphatic rings. The van der Waals surface area contributed by atoms with Crippen molar-refractivity contribution in [2.75, 3.05) is 13.2 Å². The number of fused-ring (bicyclic) bond motifs is 1. The van der Waals surface area contributed by atoms with Gasteiger partial charge < -0.3 is 23.7 Å². The van der Waals surface area contributed by atoms with Gasteiger partial charge in [-0.1, -0.05) is 25.1 Å². The zero-order valence-corrected chi connectivity index (χ0v) is 19.2. The normalized spacial score (nSPS) is 13.4. The summed E-state index contributed by atoms with van der Waals surface area (Å²) in [5.74, 6) is 1.73. The molecule has 7 heteroatoms. The quantitative estimate of drug-likeness (QED) is 0.475. The molecule has 0 spiro atoms. The summed E-state index contributed by atoms with van der Waals surface area (Å²) < 4.78 is 23.2. The van der Waals surface area contributed by atoms with E-state index in [-0.39, 0.29) is 13.0 Å². The van der Waals surface area contributed by atoms with Gasteiger partial charge >= 0.3 is 5.97 Å². The summed E-state index contributed by atoms with van der Waals surface area (Å²) >= 11 is 0. The van der Waals surface area contributed by atoms with Gasteiger partial charge in [0.25, 0.3) is 0 Å². The fraction of sp³-hybridized carbons (Fsp3) is 0.385. The van der Waals surface area contributed by atoms with Crippen LogP contribution in [0.2, 0.25) is 0 Å². The first-order chi connectivity index (χ1) is 16.0. The van der Waals surface area contributed by atoms with Crippen LogP contribution in [0.5, 0.6) is 11.5 Å². The Morgan fingerprint density at radius 1 is 1.18 bits per heavy atom. The summed E-state index contributed by atoms with van der Waals surface area (Å²) in [6, 6.07) is 11.9. The topological polar surface area (TPSA) is 91.0 Å². The number of ether oxygens (including phenoxy) is 3. The predicted molar refractivity (Wildman–Crippen MR) is 123 cm³/mol. The lowest BCUT2D eigenvalue weighted by Gasteiger charge is -2.16. The summed E-state index contributed by atoms with van der Waals surface area (Å²) in [7, 11) is 0. The fourth-order valence-corrected chi connectivity index (χ4v) is 3.96. The lowest BCUT2D eigenvalue weighted by molar-refractivity contribution is -0.149. The molecule has 1 aromatic heterocycles. The molecule has 0 saturated carbocycles. The second-order valence-electron chi connectivity index (χ2n) is 7.98. The summed E-state index contributed by atoms with van der Waals surface area (Å²) in [6.07, 6.45) is 1.03. The smallest absolute Gasteiger partial charge is 0.333 e. The van der Waals surface area contributed by atoms with Gasteiger partial charge in [-0.3, -0.25) is 0 Å². The minimum atomic E-state index is -0.981. The van der Waals surface area contributed by atoms with Gasteiger partial charge in [-0.05, 0) is 49.6 Å². The number of benzene rings is 2. The largest absolute Gasteiger partial charge is 0.493 e. The number of hydrogen-bond acceptors (Lipinski definition) is 6. The molecule has 0 bridgehead atoms. The Bertz CT molecular complexity index is 1120. The maximum atomic E-state index is 11.5. The number of oxazole rings is 1. The van der Waals surface area contributed by atoms with Crippen molar-refractivity contribution in [3.8, 4) is 23.0 Å². The van der Waals surface area contributed by atoms with Crippen LogP contribution in [-0.4, -0.2) is 35.4 Å². The van der Waals surface area contributed by atoms with E-state index in [4.69, 9.17) is 18.6 Å². The molecule has 2 heterocycles. The Hall–Kier alpha value is -3.32. The van der Waals surface area contributed by atoms with E-state index in [1.165, 1.54) is 5.56 Å². The Kier molecular flexibility index (Phi) is 6.99. The molecule has 0 saturated heterocycles. The second-order valence-corrected chi connectivity index (χ2v) is 7.98. The average Bonchev–Trinajstić information content (AvgIpc) is 3.45. The molecule has 2 aromatic carbocycles. The third-order valence-electron chi connectivity index (χ3n) is 5.81. The highest BCUT2D eigenvalue weighted by Gasteiger charge is 2.26. The van der Waals surface area contributed by atoms with Crippen molar-refractivity contribution in [1.82, 2.24) is 4.98 Å². The Morgan fingerprint density at radius 2 is 1.97 bits per heavy atom. The summed E-state index contributed by atoms with van der Waals surface area (Å²) in [4.78, 5) is 16.1. The van der Waals surface area contributed by atoms with E-state index in [0.29, 0.717) is 37.0 Å². The minimum absolute atomic E-state index is 0.244. The average molecular weight is 452 g/mol. The molecule has 3 aromatic rings. The van der Waals surface area contributed by atoms with E-state index in [0.717, 1.165) is 34.6 Å². The molecule has 4 rings (SSSR count). The maximum Gasteiger partial charge on any atom is 0.333 e. The standard InChI is InChI=1S/C26H29NO6/c1-4-17-6-8-18(9-7-17)25-27-21(16(3)33-25)15-32-22-11-10-19(24-20(22)12-13-31-24)14-23(26(28)29)30-5-2/h6-11,23H,4-5,12-15H2,1-3H3,(H,28,29). The minimum Gasteiger partial charge on any atom is -0.493 e. The number of rotatable bonds is 10. The fourth-order valence-electron chi connectivity index (χ4n) is 3.96. The first-order valence-electron chi connectivity index (χ1n) is 11.3. The van der Waals surface area contributed by atoms with Gasteiger partial charge in [-0.2, -0.15) is 0 Å². The van der Waals surface area contributed by atoms with Crippen molar-refractivity contribution in [3.05, 3.63) is 64.5 Å². The molecule has 1 aliphatic heterocycles. The first-order valence-corrected chi connectivity index (χ1v) is 11.3. The monoisotopic (exact) mass is 451 g/mol. The second kappa shape index (κ2) is 10.1. The number of aromatic nitrogens is 1. The molecule has 1 atom stereocenters. The highest BCUT2D eigenvalue weighted by atomic mass is 16.5. The molecule has 1 unspecified atom stereocenters. The molecule has 7 nitrogen and oxygen atoms in total. The molecular weight excluding hydrogens is 422 g/mol. The lowest BCUT2D eigenvalue weighted by atomic mass is 10.0. The number of carboxylic acid groups (broad SMARTS) is 1. The van der Waals surface area contributed by atoms with Crippen LogP contribution in [0.1, 0.15) is 42.0 Å². The number of carbonyl (C=O) groups is 1. The molecule has 0 fully saturated rings. The van der Waals surface area contributed by atoms with Gasteiger partial charge in [-0.15, -0.1) is 0 Å². The summed E-state index contributed by atoms with van der Waals surface area (Å²) in [5.41, 5.74) is 4.70. The van der Waals surface area contributed by atoms with E-state index in [9.17, 15) is 9.90 Å². The zero-order valence-electron chi connectivity index (χ0n) is 19.2. The van der Waals surface area contributed by atoms with E-state index in [1.54, 1.807) is 6.92 Å². The molecule has 33 heavy (non-hydrogen) atoms. The van der Waals surface area contributed by atoms with Crippen LogP contribution in [-0.2, 0) is 35.4 Å². The summed E-state index contributed by atoms with van der Waals surface area (Å²) in [5, 5.41) is 9.41. The van der Waals surface area contributed by atoms with Crippen LogP contribution in [0.4, 0.5) is 0 Å². The number of hydrogen-bond donors (Lipinski definition) is 1. The highest BCUT2D eigenvalue weighted by molar-refractivity contribution is 5.73. The Labute approximate surface area is 193 Å². The maximum absolute atomic E-state index is 11.5. The summed E-state index contributed by atoms with van der Waals surface area (Å²) in [6.45, 7) is 6.93. The van der Waals surface area contributed by atoms with Crippen molar-refractivity contribution in [1.29, 1.82) is 0 Å². The van der Waals surface area contributed by atoms with Crippen LogP contribution < -0.4 is 9.47 Å². The van der Waals surface area contributed by atoms with Gasteiger partial charge in [0, 0.05) is 30.6 Å². The number of aryl methyl sites for hydroxylation is 2. The van der Waals surface area contributed by atoms with E-state index < -0.39 is 12.1 Å². The molecule has 0 radical (unpaired) electrons. The van der Waals surface area contributed by atoms with Gasteiger partial charge in [-0.25, -0.2) is 9.78 Å². The van der Waals surface area contributed by atoms with Crippen LogP contribution >= 0.6 is 0 Å². The highest BCUT2D eigenvalue weighted by Crippen LogP contribution is 2.38. The van der Waals surface area contributed by atoms with E-state index in [2.05, 4.69) is 24.0 Å². The van der Waals surface area contributed by atoms with Crippen LogP contribution in [0.15, 0.2) is 40.8 Å². The van der Waals surface area contributed by atoms with Crippen molar-refractivity contribution in [3.63, 3.8) is 0 Å². The third-order valence-corrected chi connectivity index (χ3v) is 5.81. The molecular formula is C26H29NO6. The van der Waals surface area contributed by atoms with Crippen molar-refractivity contribution >= 4 is 5.97 Å². The first kappa shape index (κ1) is 22.9. The van der Waals surface area contributed by atoms with Gasteiger partial charge in [0.15, 0.2) is 6.10 Å². The van der Waals surface area contributed by atoms with E-state index >= 15 is 0 Å². The third kappa shape index (κ3) is 5.03. The predicted octanol–water partition coefficient (Wildman–Crippen LogP) is 4.76. The van der Waals surface area contributed by atoms with Crippen molar-refractivity contribution in [2.45, 2.75) is 52.7 Å². The van der Waals surface area contributed by atoms with Gasteiger partial charge in [0.1, 0.15) is 29.6 Å². The van der Waals surface area contributed by atoms with Gasteiger partial charge in [0.05, 0.1) is 6.61 Å². The van der Waals surface area contributed by atoms with Crippen LogP contribution in [0.25, 0.3) is 11.5 Å². The molecule has 0 aliphatic carbocycles. The molecule has 174 valence electrons. The van der Waals surface area contributed by atoms with Gasteiger partial charge in [0.2, 0.25) is 5.89 Å². The lowest BCUT2D eigenvalue weighted by Crippen LogP contribution is -2.26.